The molecule has 2 aromatic carbocycles. The van der Waals surface area contributed by atoms with E-state index < -0.39 is 0 Å². The molecule has 2 N–H and O–H groups in total. The molecule has 0 radical (unpaired) electrons. The normalized spacial score (nSPS) is 10.3. The maximum Gasteiger partial charge on any atom is 0.163 e. The topological polar surface area (TPSA) is 51.8 Å². The molecule has 4 heteroatoms. The van der Waals surface area contributed by atoms with Gasteiger partial charge < -0.3 is 5.73 Å². The Bertz CT molecular complexity index is 947. The molecule has 0 spiro atoms. The van der Waals surface area contributed by atoms with Gasteiger partial charge in [-0.05, 0) is 11.6 Å². The quantitative estimate of drug-likeness (QED) is 0.528. The summed E-state index contributed by atoms with van der Waals surface area (Å²) in [6.07, 6.45) is 0.891. The predicted molar refractivity (Wildman–Crippen MR) is 108 cm³/mol. The Morgan fingerprint density at radius 2 is 1.52 bits per heavy atom. The highest BCUT2D eigenvalue weighted by atomic mass is 32.1. The van der Waals surface area contributed by atoms with Crippen molar-refractivity contribution in [1.82, 2.24) is 9.97 Å². The van der Waals surface area contributed by atoms with Gasteiger partial charge in [-0.25, -0.2) is 9.97 Å². The Morgan fingerprint density at radius 3 is 2.20 bits per heavy atom. The predicted octanol–water partition coefficient (Wildman–Crippen LogP) is 5.56. The second-order valence-corrected chi connectivity index (χ2v) is 6.51. The fourth-order valence-electron chi connectivity index (χ4n) is 2.59. The molecule has 0 aliphatic rings. The smallest absolute Gasteiger partial charge is 0.163 e. The lowest BCUT2D eigenvalue weighted by molar-refractivity contribution is 1.24. The number of benzene rings is 2. The van der Waals surface area contributed by atoms with Crippen LogP contribution >= 0.6 is 11.3 Å². The maximum atomic E-state index is 6.16. The van der Waals surface area contributed by atoms with Gasteiger partial charge in [-0.1, -0.05) is 74.5 Å². The van der Waals surface area contributed by atoms with Crippen molar-refractivity contribution in [2.45, 2.75) is 20.3 Å². The van der Waals surface area contributed by atoms with Gasteiger partial charge in [-0.15, -0.1) is 11.3 Å². The monoisotopic (exact) mass is 347 g/mol. The van der Waals surface area contributed by atoms with Crippen LogP contribution in [0.2, 0.25) is 0 Å². The summed E-state index contributed by atoms with van der Waals surface area (Å²) < 4.78 is 0. The van der Waals surface area contributed by atoms with Crippen LogP contribution in [-0.4, -0.2) is 9.97 Å². The molecule has 0 saturated carbocycles. The second kappa shape index (κ2) is 7.90. The summed E-state index contributed by atoms with van der Waals surface area (Å²) in [5.74, 6) is 1.23. The molecule has 0 bridgehead atoms. The molecule has 0 fully saturated rings. The molecule has 0 atom stereocenters. The lowest BCUT2D eigenvalue weighted by Gasteiger charge is -2.01. The van der Waals surface area contributed by atoms with Crippen molar-refractivity contribution in [3.63, 3.8) is 0 Å². The molecule has 0 aliphatic carbocycles. The zero-order chi connectivity index (χ0) is 17.6. The fraction of sp³-hybridized carbons (Fsp3) is 0.143. The lowest BCUT2D eigenvalue weighted by atomic mass is 10.1. The van der Waals surface area contributed by atoms with Crippen LogP contribution < -0.4 is 5.73 Å². The number of rotatable bonds is 3. The summed E-state index contributed by atoms with van der Waals surface area (Å²) >= 11 is 1.68. The Morgan fingerprint density at radius 1 is 0.880 bits per heavy atom. The van der Waals surface area contributed by atoms with Gasteiger partial charge in [-0.2, -0.15) is 0 Å². The fourth-order valence-corrected chi connectivity index (χ4v) is 3.66. The standard InChI is InChI=1S/C19H15N3S.C2H6/c20-17-16-12-15(11-13-7-3-1-4-8-13)23-19(16)22-18(21-17)14-9-5-2-6-10-14;1-2/h1-10,12H,11H2,(H2,20,21,22);1-2H3. The molecular weight excluding hydrogens is 326 g/mol. The van der Waals surface area contributed by atoms with E-state index >= 15 is 0 Å². The van der Waals surface area contributed by atoms with E-state index in [-0.39, 0.29) is 0 Å². The molecule has 0 unspecified atom stereocenters. The largest absolute Gasteiger partial charge is 0.383 e. The molecule has 0 saturated heterocycles. The SMILES string of the molecule is CC.Nc1nc(-c2ccccc2)nc2sc(Cc3ccccc3)cc12. The van der Waals surface area contributed by atoms with Crippen LogP contribution in [0.15, 0.2) is 66.7 Å². The number of nitrogens with zero attached hydrogens (tertiary/aromatic N) is 2. The Balaban J connectivity index is 0.000000880. The molecule has 0 amide bonds. The van der Waals surface area contributed by atoms with Crippen LogP contribution in [0.4, 0.5) is 5.82 Å². The van der Waals surface area contributed by atoms with Crippen LogP contribution in [0.1, 0.15) is 24.3 Å². The molecule has 2 heterocycles. The van der Waals surface area contributed by atoms with Crippen LogP contribution in [0.3, 0.4) is 0 Å². The first-order valence-electron chi connectivity index (χ1n) is 8.45. The Labute approximate surface area is 152 Å². The minimum absolute atomic E-state index is 0.546. The first-order chi connectivity index (χ1) is 12.3. The minimum atomic E-state index is 0.546. The van der Waals surface area contributed by atoms with Crippen molar-refractivity contribution < 1.29 is 0 Å². The van der Waals surface area contributed by atoms with E-state index in [1.165, 1.54) is 10.4 Å². The van der Waals surface area contributed by atoms with Gasteiger partial charge in [0.25, 0.3) is 0 Å². The summed E-state index contributed by atoms with van der Waals surface area (Å²) in [4.78, 5) is 11.4. The molecule has 25 heavy (non-hydrogen) atoms. The third-order valence-corrected chi connectivity index (χ3v) is 4.76. The number of aromatic nitrogens is 2. The molecule has 4 rings (SSSR count). The highest BCUT2D eigenvalue weighted by molar-refractivity contribution is 7.18. The molecule has 126 valence electrons. The number of hydrogen-bond donors (Lipinski definition) is 1. The van der Waals surface area contributed by atoms with Gasteiger partial charge in [0.2, 0.25) is 0 Å². The summed E-state index contributed by atoms with van der Waals surface area (Å²) in [6, 6.07) is 22.5. The Hall–Kier alpha value is -2.72. The summed E-state index contributed by atoms with van der Waals surface area (Å²) in [5.41, 5.74) is 8.43. The number of nitrogens with two attached hydrogens (primary N) is 1. The molecular formula is C21H21N3S. The maximum absolute atomic E-state index is 6.16. The van der Waals surface area contributed by atoms with E-state index in [1.54, 1.807) is 11.3 Å². The Kier molecular flexibility index (Phi) is 5.41. The van der Waals surface area contributed by atoms with Gasteiger partial charge in [-0.3, -0.25) is 0 Å². The van der Waals surface area contributed by atoms with E-state index in [0.717, 1.165) is 22.2 Å². The number of fused-ring (bicyclic) bond motifs is 1. The van der Waals surface area contributed by atoms with E-state index in [2.05, 4.69) is 35.3 Å². The number of anilines is 1. The third-order valence-electron chi connectivity index (χ3n) is 3.73. The lowest BCUT2D eigenvalue weighted by Crippen LogP contribution is -1.95. The van der Waals surface area contributed by atoms with E-state index in [9.17, 15) is 0 Å². The average molecular weight is 347 g/mol. The minimum Gasteiger partial charge on any atom is -0.383 e. The zero-order valence-corrected chi connectivity index (χ0v) is 15.3. The van der Waals surface area contributed by atoms with Crippen molar-refractivity contribution in [2.75, 3.05) is 5.73 Å². The first kappa shape index (κ1) is 17.1. The number of thiophene rings is 1. The van der Waals surface area contributed by atoms with Crippen LogP contribution in [-0.2, 0) is 6.42 Å². The van der Waals surface area contributed by atoms with Gasteiger partial charge >= 0.3 is 0 Å². The summed E-state index contributed by atoms with van der Waals surface area (Å²) in [6.45, 7) is 4.00. The van der Waals surface area contributed by atoms with Crippen molar-refractivity contribution in [2.24, 2.45) is 0 Å². The molecule has 3 nitrogen and oxygen atoms in total. The molecule has 4 aromatic rings. The average Bonchev–Trinajstić information content (AvgIpc) is 3.08. The molecule has 0 aliphatic heterocycles. The second-order valence-electron chi connectivity index (χ2n) is 5.39. The van der Waals surface area contributed by atoms with E-state index in [1.807, 2.05) is 50.2 Å². The van der Waals surface area contributed by atoms with Gasteiger partial charge in [0.15, 0.2) is 5.82 Å². The summed E-state index contributed by atoms with van der Waals surface area (Å²) in [7, 11) is 0. The highest BCUT2D eigenvalue weighted by Gasteiger charge is 2.11. The van der Waals surface area contributed by atoms with Gasteiger partial charge in [0.05, 0.1) is 5.39 Å². The van der Waals surface area contributed by atoms with Crippen LogP contribution in [0.25, 0.3) is 21.6 Å². The van der Waals surface area contributed by atoms with Crippen LogP contribution in [0.5, 0.6) is 0 Å². The van der Waals surface area contributed by atoms with Crippen molar-refractivity contribution in [3.05, 3.63) is 77.2 Å². The first-order valence-corrected chi connectivity index (χ1v) is 9.26. The van der Waals surface area contributed by atoms with Gasteiger partial charge in [0, 0.05) is 16.9 Å². The van der Waals surface area contributed by atoms with Crippen molar-refractivity contribution in [1.29, 1.82) is 0 Å². The third kappa shape index (κ3) is 3.86. The number of hydrogen-bond acceptors (Lipinski definition) is 4. The van der Waals surface area contributed by atoms with E-state index in [0.29, 0.717) is 11.6 Å². The zero-order valence-electron chi connectivity index (χ0n) is 14.4. The van der Waals surface area contributed by atoms with Gasteiger partial charge in [0.1, 0.15) is 10.6 Å². The number of nitrogen functional groups attached to an aromatic ring is 1. The summed E-state index contributed by atoms with van der Waals surface area (Å²) in [5, 5.41) is 0.945. The van der Waals surface area contributed by atoms with Crippen molar-refractivity contribution >= 4 is 27.4 Å². The highest BCUT2D eigenvalue weighted by Crippen LogP contribution is 2.31. The van der Waals surface area contributed by atoms with Crippen molar-refractivity contribution in [3.8, 4) is 11.4 Å². The van der Waals surface area contributed by atoms with Crippen LogP contribution in [0, 0.1) is 0 Å². The van der Waals surface area contributed by atoms with E-state index in [4.69, 9.17) is 10.7 Å². The molecule has 2 aromatic heterocycles.